The Morgan fingerprint density at radius 3 is 2.77 bits per heavy atom. The lowest BCUT2D eigenvalue weighted by molar-refractivity contribution is 0.629. The Bertz CT molecular complexity index is 1510. The molecule has 1 aliphatic carbocycles. The number of aromatic nitrogens is 3. The molecule has 5 aromatic rings. The minimum absolute atomic E-state index is 0.00677. The summed E-state index contributed by atoms with van der Waals surface area (Å²) in [5.74, 6) is -0.0892. The summed E-state index contributed by atoms with van der Waals surface area (Å²) >= 11 is 0. The van der Waals surface area contributed by atoms with Crippen molar-refractivity contribution < 1.29 is 4.39 Å². The summed E-state index contributed by atoms with van der Waals surface area (Å²) in [6.07, 6.45) is 6.26. The molecule has 3 aromatic heterocycles. The average molecular weight is 407 g/mol. The van der Waals surface area contributed by atoms with E-state index in [1.807, 2.05) is 59.3 Å². The molecule has 2 atom stereocenters. The molecule has 6 rings (SSSR count). The average Bonchev–Trinajstić information content (AvgIpc) is 3.60. The lowest BCUT2D eigenvalue weighted by atomic mass is 10.0. The van der Waals surface area contributed by atoms with Crippen LogP contribution in [-0.4, -0.2) is 14.5 Å². The van der Waals surface area contributed by atoms with Crippen LogP contribution in [-0.2, 0) is 0 Å². The van der Waals surface area contributed by atoms with E-state index in [-0.39, 0.29) is 23.3 Å². The van der Waals surface area contributed by atoms with Crippen LogP contribution in [0, 0.1) is 5.82 Å². The quantitative estimate of drug-likeness (QED) is 0.398. The Labute approximate surface area is 177 Å². The van der Waals surface area contributed by atoms with Crippen LogP contribution >= 0.6 is 0 Å². The van der Waals surface area contributed by atoms with E-state index in [0.717, 1.165) is 39.5 Å². The van der Waals surface area contributed by atoms with Gasteiger partial charge in [-0.2, -0.15) is 0 Å². The normalized spacial score (nSPS) is 17.8. The van der Waals surface area contributed by atoms with Crippen LogP contribution in [0.3, 0.4) is 0 Å². The minimum Gasteiger partial charge on any atom is -0.311 e. The first-order valence-electron chi connectivity index (χ1n) is 10.3. The van der Waals surface area contributed by atoms with Crippen molar-refractivity contribution in [3.05, 3.63) is 107 Å². The number of halogens is 1. The zero-order valence-electron chi connectivity index (χ0n) is 16.6. The largest absolute Gasteiger partial charge is 0.311 e. The second kappa shape index (κ2) is 6.84. The lowest BCUT2D eigenvalue weighted by Gasteiger charge is -2.11. The summed E-state index contributed by atoms with van der Waals surface area (Å²) in [7, 11) is 0. The molecule has 1 aliphatic rings. The molecule has 0 radical (unpaired) electrons. The van der Waals surface area contributed by atoms with E-state index < -0.39 is 0 Å². The van der Waals surface area contributed by atoms with Crippen molar-refractivity contribution in [2.75, 3.05) is 0 Å². The Morgan fingerprint density at radius 1 is 0.968 bits per heavy atom. The highest BCUT2D eigenvalue weighted by Gasteiger charge is 2.41. The van der Waals surface area contributed by atoms with Crippen molar-refractivity contribution in [3.8, 4) is 11.1 Å². The van der Waals surface area contributed by atoms with Crippen LogP contribution in [0.1, 0.15) is 24.1 Å². The molecule has 0 aliphatic heterocycles. The monoisotopic (exact) mass is 407 g/mol. The van der Waals surface area contributed by atoms with Crippen LogP contribution in [0.5, 0.6) is 0 Å². The highest BCUT2D eigenvalue weighted by atomic mass is 19.1. The number of nitrogens with zero attached hydrogens (tertiary/aromatic N) is 3. The summed E-state index contributed by atoms with van der Waals surface area (Å²) in [4.78, 5) is 22.4. The highest BCUT2D eigenvalue weighted by Crippen LogP contribution is 2.50. The maximum atomic E-state index is 13.5. The molecular weight excluding hydrogens is 389 g/mol. The van der Waals surface area contributed by atoms with Crippen LogP contribution in [0.2, 0.25) is 0 Å². The van der Waals surface area contributed by atoms with Gasteiger partial charge in [-0.15, -0.1) is 0 Å². The first kappa shape index (κ1) is 18.0. The fourth-order valence-electron chi connectivity index (χ4n) is 4.45. The predicted molar refractivity (Wildman–Crippen MR) is 120 cm³/mol. The molecule has 0 saturated heterocycles. The Kier molecular flexibility index (Phi) is 3.96. The maximum Gasteiger partial charge on any atom is 0.259 e. The number of hydrogen-bond acceptors (Lipinski definition) is 3. The number of hydrogen-bond donors (Lipinski definition) is 0. The fraction of sp³-hybridized carbons (Fsp3) is 0.115. The second-order valence-corrected chi connectivity index (χ2v) is 8.02. The molecule has 2 aromatic carbocycles. The van der Waals surface area contributed by atoms with E-state index in [0.29, 0.717) is 5.39 Å². The van der Waals surface area contributed by atoms with E-state index in [9.17, 15) is 9.18 Å². The van der Waals surface area contributed by atoms with Gasteiger partial charge in [0.1, 0.15) is 5.82 Å². The smallest absolute Gasteiger partial charge is 0.259 e. The zero-order chi connectivity index (χ0) is 20.9. The SMILES string of the molecule is O=c1c2c(-c3cccnc3)cccc2ccn1[C@@H]1C[C@H]1c1ccc2cc(F)ccc2n1. The fourth-order valence-corrected chi connectivity index (χ4v) is 4.45. The van der Waals surface area contributed by atoms with Crippen LogP contribution in [0.15, 0.2) is 90.1 Å². The molecule has 0 bridgehead atoms. The Morgan fingerprint density at radius 2 is 1.90 bits per heavy atom. The molecule has 3 heterocycles. The van der Waals surface area contributed by atoms with E-state index >= 15 is 0 Å². The molecule has 4 nitrogen and oxygen atoms in total. The van der Waals surface area contributed by atoms with Gasteiger partial charge >= 0.3 is 0 Å². The van der Waals surface area contributed by atoms with Gasteiger partial charge in [0.2, 0.25) is 0 Å². The molecule has 150 valence electrons. The van der Waals surface area contributed by atoms with Gasteiger partial charge in [-0.05, 0) is 53.8 Å². The zero-order valence-corrected chi connectivity index (χ0v) is 16.6. The van der Waals surface area contributed by atoms with Gasteiger partial charge in [-0.1, -0.05) is 30.3 Å². The molecule has 31 heavy (non-hydrogen) atoms. The van der Waals surface area contributed by atoms with E-state index in [1.165, 1.54) is 12.1 Å². The van der Waals surface area contributed by atoms with Gasteiger partial charge in [0.05, 0.1) is 10.9 Å². The van der Waals surface area contributed by atoms with Crippen LogP contribution in [0.4, 0.5) is 4.39 Å². The van der Waals surface area contributed by atoms with Gasteiger partial charge < -0.3 is 4.57 Å². The summed E-state index contributed by atoms with van der Waals surface area (Å²) in [6, 6.07) is 20.3. The number of benzene rings is 2. The van der Waals surface area contributed by atoms with Gasteiger partial charge in [-0.3, -0.25) is 14.8 Å². The summed E-state index contributed by atoms with van der Waals surface area (Å²) in [6.45, 7) is 0. The molecular formula is C26H18FN3O. The van der Waals surface area contributed by atoms with E-state index in [4.69, 9.17) is 4.98 Å². The van der Waals surface area contributed by atoms with Crippen molar-refractivity contribution in [2.45, 2.75) is 18.4 Å². The minimum atomic E-state index is -0.265. The summed E-state index contributed by atoms with van der Waals surface area (Å²) in [5.41, 5.74) is 3.55. The second-order valence-electron chi connectivity index (χ2n) is 8.02. The van der Waals surface area contributed by atoms with Crippen LogP contribution in [0.25, 0.3) is 32.8 Å². The topological polar surface area (TPSA) is 47.8 Å². The molecule has 5 heteroatoms. The maximum absolute atomic E-state index is 13.5. The first-order chi connectivity index (χ1) is 15.2. The van der Waals surface area contributed by atoms with Crippen molar-refractivity contribution in [3.63, 3.8) is 0 Å². The Balaban J connectivity index is 1.41. The van der Waals surface area contributed by atoms with Crippen molar-refractivity contribution in [2.24, 2.45) is 0 Å². The third kappa shape index (κ3) is 3.01. The van der Waals surface area contributed by atoms with Crippen molar-refractivity contribution >= 4 is 21.7 Å². The highest BCUT2D eigenvalue weighted by molar-refractivity contribution is 5.95. The molecule has 0 amide bonds. The van der Waals surface area contributed by atoms with Crippen LogP contribution < -0.4 is 5.56 Å². The van der Waals surface area contributed by atoms with E-state index in [2.05, 4.69) is 4.98 Å². The number of pyridine rings is 3. The standard InChI is InChI=1S/C26H18FN3O/c27-19-7-9-22-17(13-19)6-8-23(29-22)21-14-24(21)30-12-10-16-3-1-5-20(25(16)26(30)31)18-4-2-11-28-15-18/h1-13,15,21,24H,14H2/t21-,24+/m0/s1. The third-order valence-electron chi connectivity index (χ3n) is 6.10. The van der Waals surface area contributed by atoms with Crippen molar-refractivity contribution in [1.82, 2.24) is 14.5 Å². The predicted octanol–water partition coefficient (Wildman–Crippen LogP) is 5.48. The summed E-state index contributed by atoms with van der Waals surface area (Å²) in [5, 5.41) is 2.42. The van der Waals surface area contributed by atoms with Gasteiger partial charge in [-0.25, -0.2) is 4.39 Å². The van der Waals surface area contributed by atoms with Crippen molar-refractivity contribution in [1.29, 1.82) is 0 Å². The molecule has 0 N–H and O–H groups in total. The van der Waals surface area contributed by atoms with Gasteiger partial charge in [0, 0.05) is 47.2 Å². The summed E-state index contributed by atoms with van der Waals surface area (Å²) < 4.78 is 15.3. The number of rotatable bonds is 3. The number of fused-ring (bicyclic) bond motifs is 2. The molecule has 0 spiro atoms. The molecule has 1 saturated carbocycles. The van der Waals surface area contributed by atoms with Gasteiger partial charge in [0.15, 0.2) is 0 Å². The Hall–Kier alpha value is -3.86. The molecule has 0 unspecified atom stereocenters. The lowest BCUT2D eigenvalue weighted by Crippen LogP contribution is -2.19. The van der Waals surface area contributed by atoms with E-state index in [1.54, 1.807) is 18.5 Å². The first-order valence-corrected chi connectivity index (χ1v) is 10.3. The molecule has 1 fully saturated rings. The third-order valence-corrected chi connectivity index (χ3v) is 6.10. The van der Waals surface area contributed by atoms with Gasteiger partial charge in [0.25, 0.3) is 5.56 Å².